The van der Waals surface area contributed by atoms with Crippen molar-refractivity contribution in [1.82, 2.24) is 19.4 Å². The lowest BCUT2D eigenvalue weighted by molar-refractivity contribution is -0.128. The summed E-state index contributed by atoms with van der Waals surface area (Å²) in [5.74, 6) is -2.40. The van der Waals surface area contributed by atoms with Gasteiger partial charge in [-0.2, -0.15) is 4.98 Å². The lowest BCUT2D eigenvalue weighted by Gasteiger charge is -2.45. The van der Waals surface area contributed by atoms with E-state index in [-0.39, 0.29) is 77.3 Å². The number of rotatable bonds is 4. The number of hydrogen-bond donors (Lipinski definition) is 1. The maximum absolute atomic E-state index is 17.2. The van der Waals surface area contributed by atoms with Crippen LogP contribution in [-0.4, -0.2) is 69.2 Å². The number of hydrogen-bond acceptors (Lipinski definition) is 7. The predicted molar refractivity (Wildman–Crippen MR) is 167 cm³/mol. The van der Waals surface area contributed by atoms with Gasteiger partial charge in [0.2, 0.25) is 5.91 Å². The van der Waals surface area contributed by atoms with Gasteiger partial charge in [0.15, 0.2) is 11.6 Å². The van der Waals surface area contributed by atoms with Gasteiger partial charge in [-0.3, -0.25) is 14.3 Å². The summed E-state index contributed by atoms with van der Waals surface area (Å²) in [7, 11) is 1.69. The van der Waals surface area contributed by atoms with E-state index >= 15 is 8.78 Å². The Kier molecular flexibility index (Phi) is 7.14. The van der Waals surface area contributed by atoms with Gasteiger partial charge in [-0.1, -0.05) is 38.6 Å². The summed E-state index contributed by atoms with van der Waals surface area (Å²) in [5, 5.41) is 10.9. The van der Waals surface area contributed by atoms with Gasteiger partial charge in [0, 0.05) is 44.5 Å². The summed E-state index contributed by atoms with van der Waals surface area (Å²) in [6.45, 7) is 12.0. The van der Waals surface area contributed by atoms with Crippen molar-refractivity contribution in [2.24, 2.45) is 0 Å². The maximum Gasteiger partial charge on any atom is 0.354 e. The fourth-order valence-electron chi connectivity index (χ4n) is 6.64. The molecule has 2 unspecified atom stereocenters. The molecule has 0 radical (unpaired) electrons. The van der Waals surface area contributed by atoms with E-state index in [1.165, 1.54) is 22.8 Å². The van der Waals surface area contributed by atoms with Crippen LogP contribution in [0.4, 0.5) is 20.3 Å². The van der Waals surface area contributed by atoms with Gasteiger partial charge in [-0.05, 0) is 43.5 Å². The highest BCUT2D eigenvalue weighted by molar-refractivity contribution is 6.06. The van der Waals surface area contributed by atoms with Crippen LogP contribution in [-0.2, 0) is 4.79 Å². The number of fused-ring (bicyclic) bond motifs is 2. The van der Waals surface area contributed by atoms with Crippen LogP contribution in [0.3, 0.4) is 0 Å². The van der Waals surface area contributed by atoms with Crippen LogP contribution in [0.1, 0.15) is 37.9 Å². The number of anilines is 2. The Hall–Kier alpha value is -4.80. The smallest absolute Gasteiger partial charge is 0.354 e. The fraction of sp³-hybridized carbons (Fsp3) is 0.333. The van der Waals surface area contributed by atoms with E-state index in [1.54, 1.807) is 48.2 Å². The molecule has 228 valence electrons. The topological polar surface area (TPSA) is 94.8 Å². The summed E-state index contributed by atoms with van der Waals surface area (Å²) >= 11 is 0. The predicted octanol–water partition coefficient (Wildman–Crippen LogP) is 4.90. The number of phenols is 1. The highest BCUT2D eigenvalue weighted by Gasteiger charge is 2.41. The Bertz CT molecular complexity index is 1910. The third-order valence-corrected chi connectivity index (χ3v) is 8.70. The molecule has 2 atom stereocenters. The molecule has 2 aromatic carbocycles. The lowest BCUT2D eigenvalue weighted by Crippen LogP contribution is -2.61. The molecule has 2 aromatic heterocycles. The monoisotopic (exact) mass is 600 g/mol. The number of carbonyl (C=O) groups excluding carboxylic acids is 1. The van der Waals surface area contributed by atoms with Crippen molar-refractivity contribution in [2.75, 3.05) is 36.5 Å². The van der Waals surface area contributed by atoms with Gasteiger partial charge in [-0.15, -0.1) is 0 Å². The number of amides is 1. The van der Waals surface area contributed by atoms with Crippen LogP contribution in [0.2, 0.25) is 0 Å². The van der Waals surface area contributed by atoms with Crippen LogP contribution in [0.15, 0.2) is 54.0 Å². The fourth-order valence-corrected chi connectivity index (χ4v) is 6.64. The van der Waals surface area contributed by atoms with E-state index in [1.807, 2.05) is 25.7 Å². The van der Waals surface area contributed by atoms with Crippen molar-refractivity contribution in [3.8, 4) is 22.6 Å². The molecule has 1 fully saturated rings. The van der Waals surface area contributed by atoms with E-state index in [0.29, 0.717) is 16.9 Å². The third kappa shape index (κ3) is 4.32. The number of likely N-dealkylation sites (N-methyl/N-ethyl adjacent to an activating group) is 1. The highest BCUT2D eigenvalue weighted by atomic mass is 19.1. The van der Waals surface area contributed by atoms with Crippen LogP contribution in [0.5, 0.6) is 5.75 Å². The van der Waals surface area contributed by atoms with Crippen molar-refractivity contribution < 1.29 is 18.7 Å². The molecule has 6 rings (SSSR count). The molecule has 4 aromatic rings. The zero-order valence-electron chi connectivity index (χ0n) is 25.3. The first-order chi connectivity index (χ1) is 21.0. The minimum absolute atomic E-state index is 0.0447. The van der Waals surface area contributed by atoms with Gasteiger partial charge in [0.1, 0.15) is 17.1 Å². The average Bonchev–Trinajstić information content (AvgIpc) is 3.09. The summed E-state index contributed by atoms with van der Waals surface area (Å²) in [6, 6.07) is 7.01. The maximum atomic E-state index is 17.2. The molecule has 1 amide bonds. The molecular weight excluding hydrogens is 566 g/mol. The molecule has 0 aliphatic carbocycles. The van der Waals surface area contributed by atoms with Crippen LogP contribution >= 0.6 is 0 Å². The number of aromatic nitrogens is 3. The second kappa shape index (κ2) is 10.7. The number of halogens is 2. The van der Waals surface area contributed by atoms with E-state index in [9.17, 15) is 14.7 Å². The molecule has 4 heterocycles. The number of nitrogens with zero attached hydrogens (tertiary/aromatic N) is 6. The van der Waals surface area contributed by atoms with E-state index in [2.05, 4.69) is 16.5 Å². The molecule has 9 nitrogen and oxygen atoms in total. The standard InChI is InChI=1S/C33H34F2N6O3/c1-7-23(43)39-16-20-15-38(6)30-25-31(27(35)24(26(30)34)21-10-8-9-11-22(21)42)41(29-18(4)12-13-36-28(29)17(2)3)33(44)37-32(25)40(20)14-19(39)5/h7-13,17,19-20,42H,1,14-16H2,2-6H3. The largest absolute Gasteiger partial charge is 0.507 e. The normalized spacial score (nSPS) is 18.0. The van der Waals surface area contributed by atoms with E-state index < -0.39 is 22.9 Å². The lowest BCUT2D eigenvalue weighted by atomic mass is 9.98. The van der Waals surface area contributed by atoms with Gasteiger partial charge < -0.3 is 19.8 Å². The molecule has 11 heteroatoms. The van der Waals surface area contributed by atoms with Crippen molar-refractivity contribution in [1.29, 1.82) is 0 Å². The Morgan fingerprint density at radius 1 is 1.11 bits per heavy atom. The molecule has 2 aliphatic heterocycles. The molecule has 2 aliphatic rings. The minimum Gasteiger partial charge on any atom is -0.507 e. The first-order valence-corrected chi connectivity index (χ1v) is 14.6. The van der Waals surface area contributed by atoms with Crippen molar-refractivity contribution >= 4 is 28.3 Å². The first-order valence-electron chi connectivity index (χ1n) is 14.6. The van der Waals surface area contributed by atoms with E-state index in [4.69, 9.17) is 0 Å². The zero-order valence-corrected chi connectivity index (χ0v) is 25.3. The Morgan fingerprint density at radius 2 is 1.84 bits per heavy atom. The van der Waals surface area contributed by atoms with Crippen molar-refractivity contribution in [3.05, 3.63) is 82.6 Å². The summed E-state index contributed by atoms with van der Waals surface area (Å²) < 4.78 is 35.3. The number of benzene rings is 2. The van der Waals surface area contributed by atoms with E-state index in [0.717, 1.165) is 0 Å². The number of phenolic OH excluding ortho intramolecular Hbond substituents is 1. The summed E-state index contributed by atoms with van der Waals surface area (Å²) in [4.78, 5) is 41.2. The number of aryl methyl sites for hydroxylation is 1. The Balaban J connectivity index is 1.78. The van der Waals surface area contributed by atoms with Gasteiger partial charge in [0.25, 0.3) is 0 Å². The molecule has 0 saturated carbocycles. The molecule has 1 N–H and O–H groups in total. The highest BCUT2D eigenvalue weighted by Crippen LogP contribution is 2.47. The number of aromatic hydroxyl groups is 1. The quantitative estimate of drug-likeness (QED) is 0.333. The van der Waals surface area contributed by atoms with Gasteiger partial charge in [0.05, 0.1) is 34.1 Å². The SMILES string of the molecule is C=CC(=O)N1CC2CN(C)c3c(F)c(-c4ccccc4O)c(F)c4c3c(nc(=O)n4-c3c(C)ccnc3C(C)C)N2CC1C. The van der Waals surface area contributed by atoms with Gasteiger partial charge in [-0.25, -0.2) is 13.6 Å². The molecule has 0 bridgehead atoms. The first kappa shape index (κ1) is 29.3. The van der Waals surface area contributed by atoms with Crippen LogP contribution in [0.25, 0.3) is 27.7 Å². The molecule has 44 heavy (non-hydrogen) atoms. The molecule has 1 saturated heterocycles. The second-order valence-electron chi connectivity index (χ2n) is 11.9. The van der Waals surface area contributed by atoms with Crippen LogP contribution < -0.4 is 15.5 Å². The number of pyridine rings is 1. The van der Waals surface area contributed by atoms with Crippen molar-refractivity contribution in [2.45, 2.75) is 45.7 Å². The summed E-state index contributed by atoms with van der Waals surface area (Å²) in [5.41, 5.74) is 0.259. The Labute approximate surface area is 253 Å². The zero-order chi connectivity index (χ0) is 31.6. The number of carbonyl (C=O) groups is 1. The second-order valence-corrected chi connectivity index (χ2v) is 11.9. The summed E-state index contributed by atoms with van der Waals surface area (Å²) in [6.07, 6.45) is 2.89. The van der Waals surface area contributed by atoms with Crippen molar-refractivity contribution in [3.63, 3.8) is 0 Å². The number of piperazine rings is 1. The van der Waals surface area contributed by atoms with Crippen LogP contribution in [0, 0.1) is 18.6 Å². The Morgan fingerprint density at radius 3 is 2.52 bits per heavy atom. The molecule has 0 spiro atoms. The molecular formula is C33H34F2N6O3. The minimum atomic E-state index is -0.998. The average molecular weight is 601 g/mol. The number of para-hydroxylation sites is 1. The van der Waals surface area contributed by atoms with Gasteiger partial charge >= 0.3 is 5.69 Å². The third-order valence-electron chi connectivity index (χ3n) is 8.70.